The molecule has 0 saturated carbocycles. The maximum absolute atomic E-state index is 13.0. The number of methoxy groups -OCH3 is 1. The van der Waals surface area contributed by atoms with Crippen molar-refractivity contribution in [3.05, 3.63) is 99.0 Å². The number of aryl methyl sites for hydroxylation is 1. The number of ether oxygens (including phenoxy) is 1. The second-order valence-electron chi connectivity index (χ2n) is 7.71. The average molecular weight is 483 g/mol. The number of hydrazine groups is 1. The van der Waals surface area contributed by atoms with Crippen LogP contribution in [0.5, 0.6) is 5.75 Å². The molecular weight excluding hydrogens is 461 g/mol. The molecule has 1 saturated heterocycles. The fraction of sp³-hybridized carbons (Fsp3) is 0.160. The average Bonchev–Trinajstić information content (AvgIpc) is 3.10. The molecule has 2 amide bonds. The number of amides is 2. The lowest BCUT2D eigenvalue weighted by Crippen LogP contribution is -2.42. The summed E-state index contributed by atoms with van der Waals surface area (Å²) in [7, 11) is 1.56. The van der Waals surface area contributed by atoms with Gasteiger partial charge in [-0.2, -0.15) is 0 Å². The third-order valence-corrected chi connectivity index (χ3v) is 6.00. The van der Waals surface area contributed by atoms with Gasteiger partial charge in [-0.05, 0) is 49.4 Å². The summed E-state index contributed by atoms with van der Waals surface area (Å²) >= 11 is 12.4. The van der Waals surface area contributed by atoms with Crippen LogP contribution in [0.4, 0.5) is 0 Å². The Balaban J connectivity index is 1.70. The largest absolute Gasteiger partial charge is 0.497 e. The molecule has 3 aromatic carbocycles. The van der Waals surface area contributed by atoms with E-state index in [-0.39, 0.29) is 11.8 Å². The Kier molecular flexibility index (Phi) is 6.67. The van der Waals surface area contributed by atoms with Gasteiger partial charge in [0.05, 0.1) is 17.7 Å². The van der Waals surface area contributed by atoms with Gasteiger partial charge >= 0.3 is 5.91 Å². The molecule has 168 valence electrons. The summed E-state index contributed by atoms with van der Waals surface area (Å²) in [5.41, 5.74) is 5.90. The van der Waals surface area contributed by atoms with Gasteiger partial charge in [0.2, 0.25) is 12.3 Å². The minimum absolute atomic E-state index is 0.330. The zero-order valence-electron chi connectivity index (χ0n) is 18.0. The van der Waals surface area contributed by atoms with Crippen LogP contribution in [0.2, 0.25) is 10.0 Å². The Hall–Kier alpha value is -3.35. The van der Waals surface area contributed by atoms with Crippen molar-refractivity contribution in [2.24, 2.45) is 0 Å². The van der Waals surface area contributed by atoms with Crippen molar-refractivity contribution >= 4 is 41.2 Å². The van der Waals surface area contributed by atoms with Gasteiger partial charge in [0, 0.05) is 16.1 Å². The third kappa shape index (κ3) is 5.02. The Morgan fingerprint density at radius 2 is 1.76 bits per heavy atom. The van der Waals surface area contributed by atoms with E-state index in [2.05, 4.69) is 10.7 Å². The summed E-state index contributed by atoms with van der Waals surface area (Å²) in [6.45, 7) is 1.99. The van der Waals surface area contributed by atoms with E-state index in [0.717, 1.165) is 11.1 Å². The summed E-state index contributed by atoms with van der Waals surface area (Å²) in [5.74, 6) is -0.0478. The quantitative estimate of drug-likeness (QED) is 0.531. The first-order valence-electron chi connectivity index (χ1n) is 10.3. The second kappa shape index (κ2) is 9.65. The number of nitrogens with zero attached hydrogens (tertiary/aromatic N) is 1. The van der Waals surface area contributed by atoms with Gasteiger partial charge in [-0.15, -0.1) is 10.1 Å². The standard InChI is InChI=1S/C25H21Cl2N3O3/c1-15-3-5-16(6-4-15)23-22(28-24(31)17-8-11-20(33-2)12-9-17)25(32)29-30(23)14-18-7-10-19(26)13-21(18)27/h3-14,22-23H,1-2H3,(H-,28,29,31,32)/p+1/b30-14-/t22-,23+/m1/s1. The SMILES string of the molecule is COc1ccc(C(=O)N[C@H]2C(=O)N/[N+](=C\c3ccc(Cl)cc3Cl)[C@H]2c2ccc(C)cc2)cc1. The lowest BCUT2D eigenvalue weighted by Gasteiger charge is -2.15. The van der Waals surface area contributed by atoms with Crippen LogP contribution in [0.25, 0.3) is 0 Å². The predicted molar refractivity (Wildman–Crippen MR) is 128 cm³/mol. The summed E-state index contributed by atoms with van der Waals surface area (Å²) in [5, 5.41) is 3.84. The molecule has 0 unspecified atom stereocenters. The minimum Gasteiger partial charge on any atom is -0.497 e. The van der Waals surface area contributed by atoms with E-state index in [4.69, 9.17) is 27.9 Å². The molecule has 3 aromatic rings. The van der Waals surface area contributed by atoms with E-state index in [1.54, 1.807) is 60.5 Å². The van der Waals surface area contributed by atoms with Crippen LogP contribution >= 0.6 is 23.2 Å². The molecule has 4 rings (SSSR count). The lowest BCUT2D eigenvalue weighted by atomic mass is 9.98. The van der Waals surface area contributed by atoms with Gasteiger partial charge in [-0.25, -0.2) is 0 Å². The third-order valence-electron chi connectivity index (χ3n) is 5.44. The Morgan fingerprint density at radius 3 is 2.39 bits per heavy atom. The number of hydrogen-bond donors (Lipinski definition) is 2. The highest BCUT2D eigenvalue weighted by atomic mass is 35.5. The van der Waals surface area contributed by atoms with Crippen molar-refractivity contribution in [3.63, 3.8) is 0 Å². The van der Waals surface area contributed by atoms with Crippen molar-refractivity contribution < 1.29 is 19.0 Å². The summed E-state index contributed by atoms with van der Waals surface area (Å²) < 4.78 is 6.81. The van der Waals surface area contributed by atoms with Crippen LogP contribution in [-0.4, -0.2) is 35.9 Å². The first-order chi connectivity index (χ1) is 15.9. The molecule has 2 atom stereocenters. The van der Waals surface area contributed by atoms with Gasteiger partial charge in [-0.1, -0.05) is 53.0 Å². The first-order valence-corrected chi connectivity index (χ1v) is 11.0. The van der Waals surface area contributed by atoms with Gasteiger partial charge in [0.25, 0.3) is 5.91 Å². The molecule has 0 bridgehead atoms. The van der Waals surface area contributed by atoms with Crippen molar-refractivity contribution in [1.29, 1.82) is 0 Å². The van der Waals surface area contributed by atoms with E-state index in [1.165, 1.54) is 0 Å². The molecule has 1 aliphatic heterocycles. The monoisotopic (exact) mass is 482 g/mol. The minimum atomic E-state index is -0.829. The van der Waals surface area contributed by atoms with Crippen LogP contribution in [0.15, 0.2) is 66.7 Å². The molecule has 0 aliphatic carbocycles. The molecular formula is C25H22Cl2N3O3+. The molecule has 6 nitrogen and oxygen atoms in total. The number of carbonyl (C=O) groups is 2. The van der Waals surface area contributed by atoms with Gasteiger partial charge in [0.1, 0.15) is 5.75 Å². The highest BCUT2D eigenvalue weighted by Gasteiger charge is 2.47. The molecule has 0 radical (unpaired) electrons. The molecule has 2 N–H and O–H groups in total. The summed E-state index contributed by atoms with van der Waals surface area (Å²) in [6, 6.07) is 18.3. The van der Waals surface area contributed by atoms with E-state index < -0.39 is 12.1 Å². The number of carbonyl (C=O) groups excluding carboxylic acids is 2. The fourth-order valence-corrected chi connectivity index (χ4v) is 4.12. The fourth-order valence-electron chi connectivity index (χ4n) is 3.67. The summed E-state index contributed by atoms with van der Waals surface area (Å²) in [6.07, 6.45) is 1.74. The zero-order valence-corrected chi connectivity index (χ0v) is 19.5. The van der Waals surface area contributed by atoms with Crippen LogP contribution in [-0.2, 0) is 4.79 Å². The molecule has 1 heterocycles. The predicted octanol–water partition coefficient (Wildman–Crippen LogP) is 4.33. The van der Waals surface area contributed by atoms with Gasteiger partial charge in [0.15, 0.2) is 6.04 Å². The number of benzene rings is 3. The van der Waals surface area contributed by atoms with Crippen molar-refractivity contribution in [3.8, 4) is 5.75 Å². The smallest absolute Gasteiger partial charge is 0.304 e. The Labute approximate surface area is 201 Å². The number of hydrazone groups is 1. The van der Waals surface area contributed by atoms with Crippen molar-refractivity contribution in [2.75, 3.05) is 7.11 Å². The molecule has 1 fully saturated rings. The van der Waals surface area contributed by atoms with E-state index in [9.17, 15) is 9.59 Å². The highest BCUT2D eigenvalue weighted by Crippen LogP contribution is 2.27. The number of hydrogen-bond acceptors (Lipinski definition) is 3. The van der Waals surface area contributed by atoms with Crippen molar-refractivity contribution in [2.45, 2.75) is 19.0 Å². The maximum Gasteiger partial charge on any atom is 0.304 e. The Morgan fingerprint density at radius 1 is 1.06 bits per heavy atom. The van der Waals surface area contributed by atoms with Gasteiger partial charge in [-0.3, -0.25) is 9.59 Å². The molecule has 0 spiro atoms. The maximum atomic E-state index is 13.0. The van der Waals surface area contributed by atoms with Gasteiger partial charge < -0.3 is 10.1 Å². The molecule has 0 aromatic heterocycles. The molecule has 1 aliphatic rings. The highest BCUT2D eigenvalue weighted by molar-refractivity contribution is 6.36. The van der Waals surface area contributed by atoms with Crippen LogP contribution in [0.3, 0.4) is 0 Å². The number of nitrogens with one attached hydrogen (secondary N) is 2. The normalized spacial score (nSPS) is 18.8. The number of halogens is 2. The Bertz CT molecular complexity index is 1220. The van der Waals surface area contributed by atoms with Crippen LogP contribution in [0, 0.1) is 6.92 Å². The molecule has 8 heteroatoms. The first kappa shape index (κ1) is 22.8. The topological polar surface area (TPSA) is 70.4 Å². The van der Waals surface area contributed by atoms with Crippen molar-refractivity contribution in [1.82, 2.24) is 10.7 Å². The number of rotatable bonds is 5. The molecule has 33 heavy (non-hydrogen) atoms. The lowest BCUT2D eigenvalue weighted by molar-refractivity contribution is -0.596. The summed E-state index contributed by atoms with van der Waals surface area (Å²) in [4.78, 5) is 25.9. The van der Waals surface area contributed by atoms with Crippen LogP contribution < -0.4 is 15.5 Å². The second-order valence-corrected chi connectivity index (χ2v) is 8.56. The van der Waals surface area contributed by atoms with Crippen LogP contribution in [0.1, 0.15) is 33.1 Å². The zero-order chi connectivity index (χ0) is 23.5. The van der Waals surface area contributed by atoms with E-state index >= 15 is 0 Å². The van der Waals surface area contributed by atoms with E-state index in [1.807, 2.05) is 31.2 Å². The van der Waals surface area contributed by atoms with E-state index in [0.29, 0.717) is 26.9 Å².